The van der Waals surface area contributed by atoms with Crippen LogP contribution in [0.2, 0.25) is 0 Å². The predicted molar refractivity (Wildman–Crippen MR) is 76.5 cm³/mol. The van der Waals surface area contributed by atoms with Crippen molar-refractivity contribution < 1.29 is 4.74 Å². The Morgan fingerprint density at radius 2 is 2.20 bits per heavy atom. The summed E-state index contributed by atoms with van der Waals surface area (Å²) in [5.41, 5.74) is 1.11. The van der Waals surface area contributed by atoms with Gasteiger partial charge in [-0.15, -0.1) is 5.10 Å². The number of hydrogen-bond acceptors (Lipinski definition) is 5. The fraction of sp³-hybridized carbons (Fsp3) is 0.500. The van der Waals surface area contributed by atoms with E-state index in [2.05, 4.69) is 34.7 Å². The van der Waals surface area contributed by atoms with Crippen LogP contribution in [0.15, 0.2) is 24.3 Å². The molecule has 108 valence electrons. The lowest BCUT2D eigenvalue weighted by Crippen LogP contribution is -2.22. The SMILES string of the molecule is COc1cccc(Cn2nnnc2CNCC(C)C)c1. The second-order valence-corrected chi connectivity index (χ2v) is 5.13. The monoisotopic (exact) mass is 275 g/mol. The molecule has 1 aromatic heterocycles. The molecule has 0 amide bonds. The van der Waals surface area contributed by atoms with Gasteiger partial charge in [0.2, 0.25) is 0 Å². The summed E-state index contributed by atoms with van der Waals surface area (Å²) >= 11 is 0. The van der Waals surface area contributed by atoms with Gasteiger partial charge in [0.1, 0.15) is 5.75 Å². The van der Waals surface area contributed by atoms with Gasteiger partial charge < -0.3 is 10.1 Å². The fourth-order valence-electron chi connectivity index (χ4n) is 1.89. The van der Waals surface area contributed by atoms with E-state index in [0.717, 1.165) is 23.7 Å². The summed E-state index contributed by atoms with van der Waals surface area (Å²) < 4.78 is 7.03. The maximum Gasteiger partial charge on any atom is 0.165 e. The van der Waals surface area contributed by atoms with Crippen molar-refractivity contribution in [3.05, 3.63) is 35.7 Å². The minimum Gasteiger partial charge on any atom is -0.497 e. The molecule has 2 aromatic rings. The number of nitrogens with one attached hydrogen (secondary N) is 1. The number of methoxy groups -OCH3 is 1. The maximum absolute atomic E-state index is 5.22. The topological polar surface area (TPSA) is 64.9 Å². The van der Waals surface area contributed by atoms with E-state index in [9.17, 15) is 0 Å². The van der Waals surface area contributed by atoms with Crippen molar-refractivity contribution in [3.63, 3.8) is 0 Å². The molecule has 0 spiro atoms. The van der Waals surface area contributed by atoms with Crippen LogP contribution in [0.1, 0.15) is 25.2 Å². The highest BCUT2D eigenvalue weighted by molar-refractivity contribution is 5.28. The zero-order valence-corrected chi connectivity index (χ0v) is 12.2. The Morgan fingerprint density at radius 3 is 2.95 bits per heavy atom. The van der Waals surface area contributed by atoms with E-state index in [-0.39, 0.29) is 0 Å². The molecule has 0 aliphatic rings. The molecule has 0 bridgehead atoms. The Balaban J connectivity index is 2.00. The molecule has 0 atom stereocenters. The molecule has 0 radical (unpaired) electrons. The Labute approximate surface area is 119 Å². The Morgan fingerprint density at radius 1 is 1.35 bits per heavy atom. The van der Waals surface area contributed by atoms with E-state index in [1.54, 1.807) is 7.11 Å². The Kier molecular flexibility index (Phi) is 5.06. The van der Waals surface area contributed by atoms with Crippen LogP contribution in [0.3, 0.4) is 0 Å². The van der Waals surface area contributed by atoms with Gasteiger partial charge in [-0.2, -0.15) is 0 Å². The van der Waals surface area contributed by atoms with Crippen molar-refractivity contribution in [3.8, 4) is 5.75 Å². The van der Waals surface area contributed by atoms with Gasteiger partial charge in [-0.1, -0.05) is 26.0 Å². The molecule has 6 nitrogen and oxygen atoms in total. The molecule has 0 saturated carbocycles. The lowest BCUT2D eigenvalue weighted by Gasteiger charge is -2.08. The third-order valence-electron chi connectivity index (χ3n) is 2.91. The van der Waals surface area contributed by atoms with E-state index in [1.165, 1.54) is 0 Å². The molecule has 2 rings (SSSR count). The normalized spacial score (nSPS) is 11.0. The average molecular weight is 275 g/mol. The van der Waals surface area contributed by atoms with Gasteiger partial charge in [0, 0.05) is 0 Å². The lowest BCUT2D eigenvalue weighted by molar-refractivity contribution is 0.414. The summed E-state index contributed by atoms with van der Waals surface area (Å²) in [6, 6.07) is 7.92. The van der Waals surface area contributed by atoms with E-state index in [4.69, 9.17) is 4.74 Å². The summed E-state index contributed by atoms with van der Waals surface area (Å²) in [5.74, 6) is 2.29. The van der Waals surface area contributed by atoms with Gasteiger partial charge in [0.15, 0.2) is 5.82 Å². The maximum atomic E-state index is 5.22. The molecule has 20 heavy (non-hydrogen) atoms. The molecule has 1 heterocycles. The van der Waals surface area contributed by atoms with Crippen molar-refractivity contribution in [2.24, 2.45) is 5.92 Å². The summed E-state index contributed by atoms with van der Waals surface area (Å²) in [5, 5.41) is 15.2. The van der Waals surface area contributed by atoms with Crippen LogP contribution in [0, 0.1) is 5.92 Å². The highest BCUT2D eigenvalue weighted by atomic mass is 16.5. The number of benzene rings is 1. The van der Waals surface area contributed by atoms with E-state index < -0.39 is 0 Å². The highest BCUT2D eigenvalue weighted by Crippen LogP contribution is 2.13. The first-order valence-corrected chi connectivity index (χ1v) is 6.77. The molecule has 0 saturated heterocycles. The van der Waals surface area contributed by atoms with Crippen LogP contribution in [0.5, 0.6) is 5.75 Å². The van der Waals surface area contributed by atoms with Crippen LogP contribution in [0.25, 0.3) is 0 Å². The van der Waals surface area contributed by atoms with E-state index in [1.807, 2.05) is 28.9 Å². The molecule has 6 heteroatoms. The quantitative estimate of drug-likeness (QED) is 0.829. The van der Waals surface area contributed by atoms with Gasteiger partial charge in [-0.05, 0) is 40.6 Å². The number of hydrogen-bond donors (Lipinski definition) is 1. The predicted octanol–water partition coefficient (Wildman–Crippen LogP) is 1.48. The fourth-order valence-corrected chi connectivity index (χ4v) is 1.89. The van der Waals surface area contributed by atoms with Crippen molar-refractivity contribution in [1.82, 2.24) is 25.5 Å². The second kappa shape index (κ2) is 7.00. The standard InChI is InChI=1S/C14H21N5O/c1-11(2)8-15-9-14-16-17-18-19(14)10-12-5-4-6-13(7-12)20-3/h4-7,11,15H,8-10H2,1-3H3. The molecule has 0 unspecified atom stereocenters. The van der Waals surface area contributed by atoms with Crippen LogP contribution in [0.4, 0.5) is 0 Å². The Hall–Kier alpha value is -1.95. The van der Waals surface area contributed by atoms with Crippen molar-refractivity contribution >= 4 is 0 Å². The van der Waals surface area contributed by atoms with E-state index >= 15 is 0 Å². The first-order valence-electron chi connectivity index (χ1n) is 6.77. The van der Waals surface area contributed by atoms with Crippen LogP contribution < -0.4 is 10.1 Å². The van der Waals surface area contributed by atoms with Crippen LogP contribution in [-0.4, -0.2) is 33.9 Å². The summed E-state index contributed by atoms with van der Waals surface area (Å²) in [7, 11) is 1.66. The van der Waals surface area contributed by atoms with Crippen molar-refractivity contribution in [2.45, 2.75) is 26.9 Å². The molecule has 0 fully saturated rings. The summed E-state index contributed by atoms with van der Waals surface area (Å²) in [6.45, 7) is 6.61. The van der Waals surface area contributed by atoms with E-state index in [0.29, 0.717) is 19.0 Å². The average Bonchev–Trinajstić information content (AvgIpc) is 2.86. The van der Waals surface area contributed by atoms with Gasteiger partial charge >= 0.3 is 0 Å². The summed E-state index contributed by atoms with van der Waals surface area (Å²) in [4.78, 5) is 0. The first kappa shape index (κ1) is 14.5. The minimum absolute atomic E-state index is 0.609. The van der Waals surface area contributed by atoms with Crippen molar-refractivity contribution in [2.75, 3.05) is 13.7 Å². The molecule has 0 aliphatic heterocycles. The van der Waals surface area contributed by atoms with Gasteiger partial charge in [0.25, 0.3) is 0 Å². The zero-order chi connectivity index (χ0) is 14.4. The second-order valence-electron chi connectivity index (χ2n) is 5.13. The number of tetrazole rings is 1. The molecule has 0 aliphatic carbocycles. The third-order valence-corrected chi connectivity index (χ3v) is 2.91. The number of aromatic nitrogens is 4. The Bertz CT molecular complexity index is 538. The van der Waals surface area contributed by atoms with Crippen molar-refractivity contribution in [1.29, 1.82) is 0 Å². The largest absolute Gasteiger partial charge is 0.497 e. The molecular formula is C14H21N5O. The first-order chi connectivity index (χ1) is 9.69. The van der Waals surface area contributed by atoms with Crippen LogP contribution >= 0.6 is 0 Å². The zero-order valence-electron chi connectivity index (χ0n) is 12.2. The van der Waals surface area contributed by atoms with Crippen LogP contribution in [-0.2, 0) is 13.1 Å². The molecule has 1 N–H and O–H groups in total. The van der Waals surface area contributed by atoms with Gasteiger partial charge in [0.05, 0.1) is 20.2 Å². The van der Waals surface area contributed by atoms with Gasteiger partial charge in [-0.3, -0.25) is 0 Å². The van der Waals surface area contributed by atoms with Gasteiger partial charge in [-0.25, -0.2) is 4.68 Å². The number of ether oxygens (including phenoxy) is 1. The minimum atomic E-state index is 0.609. The lowest BCUT2D eigenvalue weighted by atomic mass is 10.2. The number of nitrogens with zero attached hydrogens (tertiary/aromatic N) is 4. The highest BCUT2D eigenvalue weighted by Gasteiger charge is 2.07. The summed E-state index contributed by atoms with van der Waals surface area (Å²) in [6.07, 6.45) is 0. The molecular weight excluding hydrogens is 254 g/mol. The third kappa shape index (κ3) is 4.03. The number of rotatable bonds is 7. The smallest absolute Gasteiger partial charge is 0.165 e. The molecule has 1 aromatic carbocycles.